The van der Waals surface area contributed by atoms with Crippen molar-refractivity contribution in [3.63, 3.8) is 0 Å². The van der Waals surface area contributed by atoms with E-state index in [2.05, 4.69) is 5.32 Å². The third-order valence-corrected chi connectivity index (χ3v) is 4.48. The van der Waals surface area contributed by atoms with E-state index in [0.29, 0.717) is 5.56 Å². The van der Waals surface area contributed by atoms with Crippen molar-refractivity contribution in [2.24, 2.45) is 0 Å². The fraction of sp³-hybridized carbons (Fsp3) is 0.471. The van der Waals surface area contributed by atoms with Gasteiger partial charge in [0, 0.05) is 11.6 Å². The van der Waals surface area contributed by atoms with Crippen molar-refractivity contribution in [2.75, 3.05) is 32.7 Å². The van der Waals surface area contributed by atoms with Gasteiger partial charge in [-0.2, -0.15) is 0 Å². The highest BCUT2D eigenvalue weighted by atomic mass is 16.2. The number of piperidine rings is 1. The van der Waals surface area contributed by atoms with Crippen LogP contribution in [0.4, 0.5) is 0 Å². The molecule has 0 saturated carbocycles. The lowest BCUT2D eigenvalue weighted by Crippen LogP contribution is -2.59. The molecule has 2 aliphatic rings. The van der Waals surface area contributed by atoms with Gasteiger partial charge in [-0.15, -0.1) is 0 Å². The Labute approximate surface area is 135 Å². The summed E-state index contributed by atoms with van der Waals surface area (Å²) < 4.78 is 0. The second-order valence-electron chi connectivity index (χ2n) is 6.04. The smallest absolute Gasteiger partial charge is 0.243 e. The van der Waals surface area contributed by atoms with E-state index in [1.54, 1.807) is 29.2 Å². The molecule has 0 spiro atoms. The fourth-order valence-corrected chi connectivity index (χ4v) is 3.16. The molecule has 1 aromatic rings. The number of ketones is 1. The van der Waals surface area contributed by atoms with E-state index in [-0.39, 0.29) is 43.3 Å². The number of carbonyl (C=O) groups excluding carboxylic acids is 3. The Morgan fingerprint density at radius 3 is 2.43 bits per heavy atom. The minimum absolute atomic E-state index is 0.00132. The fourth-order valence-electron chi connectivity index (χ4n) is 3.16. The first-order valence-electron chi connectivity index (χ1n) is 8.01. The summed E-state index contributed by atoms with van der Waals surface area (Å²) >= 11 is 0. The predicted molar refractivity (Wildman–Crippen MR) is 85.0 cm³/mol. The maximum Gasteiger partial charge on any atom is 0.243 e. The van der Waals surface area contributed by atoms with Crippen LogP contribution >= 0.6 is 0 Å². The number of hydrogen-bond donors (Lipinski definition) is 1. The average Bonchev–Trinajstić information content (AvgIpc) is 2.59. The third-order valence-electron chi connectivity index (χ3n) is 4.48. The Morgan fingerprint density at radius 2 is 1.74 bits per heavy atom. The van der Waals surface area contributed by atoms with Gasteiger partial charge in [0.2, 0.25) is 11.8 Å². The lowest BCUT2D eigenvalue weighted by atomic mass is 10.0. The van der Waals surface area contributed by atoms with Crippen LogP contribution in [0.3, 0.4) is 0 Å². The second-order valence-corrected chi connectivity index (χ2v) is 6.04. The lowest BCUT2D eigenvalue weighted by molar-refractivity contribution is -0.152. The van der Waals surface area contributed by atoms with Crippen LogP contribution in [-0.2, 0) is 9.59 Å². The van der Waals surface area contributed by atoms with E-state index in [4.69, 9.17) is 0 Å². The number of piperazine rings is 1. The van der Waals surface area contributed by atoms with Gasteiger partial charge in [-0.25, -0.2) is 0 Å². The van der Waals surface area contributed by atoms with Gasteiger partial charge in [0.05, 0.1) is 6.54 Å². The van der Waals surface area contributed by atoms with Crippen LogP contribution in [0.15, 0.2) is 30.3 Å². The number of carbonyl (C=O) groups is 3. The topological polar surface area (TPSA) is 69.7 Å². The monoisotopic (exact) mass is 315 g/mol. The van der Waals surface area contributed by atoms with E-state index >= 15 is 0 Å². The van der Waals surface area contributed by atoms with E-state index < -0.39 is 0 Å². The Hall–Kier alpha value is -2.21. The molecule has 0 atom stereocenters. The maximum atomic E-state index is 12.4. The van der Waals surface area contributed by atoms with Crippen molar-refractivity contribution >= 4 is 17.6 Å². The van der Waals surface area contributed by atoms with Gasteiger partial charge in [0.25, 0.3) is 0 Å². The molecule has 2 amide bonds. The molecule has 0 aliphatic carbocycles. The van der Waals surface area contributed by atoms with Crippen molar-refractivity contribution in [3.05, 3.63) is 35.9 Å². The second kappa shape index (κ2) is 6.91. The molecule has 6 heteroatoms. The number of amides is 2. The highest BCUT2D eigenvalue weighted by Gasteiger charge is 2.35. The SMILES string of the molecule is O=C(CN1CC(=O)N(C2CCNCC2)CC1=O)c1ccccc1. The molecular weight excluding hydrogens is 294 g/mol. The van der Waals surface area contributed by atoms with Crippen LogP contribution in [0.1, 0.15) is 23.2 Å². The summed E-state index contributed by atoms with van der Waals surface area (Å²) in [5.41, 5.74) is 0.563. The Morgan fingerprint density at radius 1 is 1.04 bits per heavy atom. The van der Waals surface area contributed by atoms with Crippen LogP contribution in [0.25, 0.3) is 0 Å². The molecule has 0 unspecified atom stereocenters. The molecule has 1 aromatic carbocycles. The largest absolute Gasteiger partial charge is 0.329 e. The van der Waals surface area contributed by atoms with Gasteiger partial charge in [-0.1, -0.05) is 30.3 Å². The molecule has 1 N–H and O–H groups in total. The van der Waals surface area contributed by atoms with Crippen LogP contribution in [-0.4, -0.2) is 66.2 Å². The van der Waals surface area contributed by atoms with Crippen LogP contribution in [0.5, 0.6) is 0 Å². The minimum Gasteiger partial charge on any atom is -0.329 e. The summed E-state index contributed by atoms with van der Waals surface area (Å²) in [7, 11) is 0. The number of nitrogens with one attached hydrogen (secondary N) is 1. The normalized spacial score (nSPS) is 20.0. The molecule has 2 heterocycles. The Balaban J connectivity index is 1.62. The van der Waals surface area contributed by atoms with Crippen molar-refractivity contribution in [2.45, 2.75) is 18.9 Å². The van der Waals surface area contributed by atoms with Crippen molar-refractivity contribution in [3.8, 4) is 0 Å². The van der Waals surface area contributed by atoms with E-state index in [1.807, 2.05) is 6.07 Å². The first kappa shape index (κ1) is 15.7. The van der Waals surface area contributed by atoms with Gasteiger partial charge in [-0.3, -0.25) is 14.4 Å². The summed E-state index contributed by atoms with van der Waals surface area (Å²) in [6.45, 7) is 1.80. The molecular formula is C17H21N3O3. The van der Waals surface area contributed by atoms with Gasteiger partial charge in [-0.05, 0) is 25.9 Å². The minimum atomic E-state index is -0.146. The number of benzene rings is 1. The first-order chi connectivity index (χ1) is 11.1. The van der Waals surface area contributed by atoms with Gasteiger partial charge in [0.15, 0.2) is 5.78 Å². The predicted octanol–water partition coefficient (Wildman–Crippen LogP) is 0.292. The molecule has 6 nitrogen and oxygen atoms in total. The molecule has 3 rings (SSSR count). The van der Waals surface area contributed by atoms with E-state index in [9.17, 15) is 14.4 Å². The molecule has 0 bridgehead atoms. The standard InChI is InChI=1S/C17H21N3O3/c21-15(13-4-2-1-3-5-13)10-19-11-17(23)20(12-16(19)22)14-6-8-18-9-7-14/h1-5,14,18H,6-12H2. The Kier molecular flexibility index (Phi) is 4.71. The number of rotatable bonds is 4. The average molecular weight is 315 g/mol. The molecule has 0 aromatic heterocycles. The summed E-state index contributed by atoms with van der Waals surface area (Å²) in [4.78, 5) is 40.0. The highest BCUT2D eigenvalue weighted by Crippen LogP contribution is 2.16. The zero-order chi connectivity index (χ0) is 16.2. The zero-order valence-electron chi connectivity index (χ0n) is 13.0. The van der Waals surface area contributed by atoms with Gasteiger partial charge in [0.1, 0.15) is 13.1 Å². The summed E-state index contributed by atoms with van der Waals surface area (Å²) in [5, 5.41) is 3.25. The molecule has 122 valence electrons. The Bertz CT molecular complexity index is 596. The van der Waals surface area contributed by atoms with Crippen molar-refractivity contribution in [1.82, 2.24) is 15.1 Å². The first-order valence-corrected chi connectivity index (χ1v) is 8.01. The maximum absolute atomic E-state index is 12.4. The summed E-state index contributed by atoms with van der Waals surface area (Å²) in [6, 6.07) is 8.99. The molecule has 23 heavy (non-hydrogen) atoms. The van der Waals surface area contributed by atoms with Gasteiger partial charge >= 0.3 is 0 Å². The highest BCUT2D eigenvalue weighted by molar-refractivity contribution is 6.01. The van der Waals surface area contributed by atoms with Crippen molar-refractivity contribution in [1.29, 1.82) is 0 Å². The van der Waals surface area contributed by atoms with Gasteiger partial charge < -0.3 is 15.1 Å². The van der Waals surface area contributed by atoms with E-state index in [1.165, 1.54) is 4.90 Å². The van der Waals surface area contributed by atoms with Crippen LogP contribution in [0, 0.1) is 0 Å². The number of Topliss-reactive ketones (excluding diaryl/α,β-unsaturated/α-hetero) is 1. The molecule has 0 radical (unpaired) electrons. The lowest BCUT2D eigenvalue weighted by Gasteiger charge is -2.39. The third kappa shape index (κ3) is 3.59. The van der Waals surface area contributed by atoms with E-state index in [0.717, 1.165) is 25.9 Å². The van der Waals surface area contributed by atoms with Crippen LogP contribution in [0.2, 0.25) is 0 Å². The molecule has 2 aliphatic heterocycles. The quantitative estimate of drug-likeness (QED) is 0.811. The number of nitrogens with zero attached hydrogens (tertiary/aromatic N) is 2. The summed E-state index contributed by atoms with van der Waals surface area (Å²) in [6.07, 6.45) is 1.75. The van der Waals surface area contributed by atoms with Crippen LogP contribution < -0.4 is 5.32 Å². The molecule has 2 saturated heterocycles. The van der Waals surface area contributed by atoms with Crippen molar-refractivity contribution < 1.29 is 14.4 Å². The number of hydrogen-bond acceptors (Lipinski definition) is 4. The zero-order valence-corrected chi connectivity index (χ0v) is 13.0. The molecule has 2 fully saturated rings. The summed E-state index contributed by atoms with van der Waals surface area (Å²) in [5.74, 6) is -0.341.